The van der Waals surface area contributed by atoms with E-state index in [4.69, 9.17) is 12.2 Å². The Labute approximate surface area is 126 Å². The van der Waals surface area contributed by atoms with E-state index in [0.717, 1.165) is 32.9 Å². The second-order valence-corrected chi connectivity index (χ2v) is 5.24. The summed E-state index contributed by atoms with van der Waals surface area (Å²) in [5.74, 6) is 0. The number of hydrogen-bond acceptors (Lipinski definition) is 3. The number of nitrogens with zero attached hydrogens (tertiary/aromatic N) is 2. The molecule has 1 N–H and O–H groups in total. The molecule has 0 unspecified atom stereocenters. The standard InChI is InChI=1S/C17H11N3S/c21-17-16-14(10-18-20-17)19-13-9-5-4-8-12(13)15(16)11-6-2-1-3-7-11/h1-10H,(H,20,21). The summed E-state index contributed by atoms with van der Waals surface area (Å²) in [6, 6.07) is 18.4. The number of para-hydroxylation sites is 1. The van der Waals surface area contributed by atoms with Gasteiger partial charge in [-0.05, 0) is 11.6 Å². The summed E-state index contributed by atoms with van der Waals surface area (Å²) in [6.45, 7) is 0. The highest BCUT2D eigenvalue weighted by atomic mass is 32.1. The molecule has 0 bridgehead atoms. The fourth-order valence-electron chi connectivity index (χ4n) is 2.67. The average Bonchev–Trinajstić information content (AvgIpc) is 2.54. The molecule has 2 heterocycles. The SMILES string of the molecule is S=c1[nH]ncc2nc3ccccc3c(-c3ccccc3)c12. The minimum Gasteiger partial charge on any atom is -0.267 e. The predicted octanol–water partition coefficient (Wildman–Crippen LogP) is 4.51. The minimum atomic E-state index is 0.615. The van der Waals surface area contributed by atoms with Crippen LogP contribution in [0.5, 0.6) is 0 Å². The van der Waals surface area contributed by atoms with Crippen LogP contribution >= 0.6 is 12.2 Å². The van der Waals surface area contributed by atoms with Gasteiger partial charge in [-0.15, -0.1) is 0 Å². The maximum Gasteiger partial charge on any atom is 0.129 e. The number of rotatable bonds is 1. The van der Waals surface area contributed by atoms with E-state index in [-0.39, 0.29) is 0 Å². The van der Waals surface area contributed by atoms with E-state index >= 15 is 0 Å². The van der Waals surface area contributed by atoms with E-state index in [1.807, 2.05) is 36.4 Å². The zero-order valence-corrected chi connectivity index (χ0v) is 11.9. The number of aromatic nitrogens is 3. The molecule has 2 aromatic carbocycles. The van der Waals surface area contributed by atoms with E-state index in [0.29, 0.717) is 4.64 Å². The highest BCUT2D eigenvalue weighted by Gasteiger charge is 2.12. The van der Waals surface area contributed by atoms with Gasteiger partial charge in [0.1, 0.15) is 4.64 Å². The number of nitrogens with one attached hydrogen (secondary N) is 1. The zero-order valence-electron chi connectivity index (χ0n) is 11.1. The number of fused-ring (bicyclic) bond motifs is 2. The van der Waals surface area contributed by atoms with Gasteiger partial charge >= 0.3 is 0 Å². The van der Waals surface area contributed by atoms with Crippen molar-refractivity contribution in [3.8, 4) is 11.1 Å². The second-order valence-electron chi connectivity index (χ2n) is 4.83. The average molecular weight is 289 g/mol. The van der Waals surface area contributed by atoms with Crippen LogP contribution in [0.3, 0.4) is 0 Å². The third-order valence-electron chi connectivity index (χ3n) is 3.56. The Bertz CT molecular complexity index is 1010. The number of benzene rings is 2. The molecule has 0 aliphatic carbocycles. The van der Waals surface area contributed by atoms with Crippen LogP contribution < -0.4 is 0 Å². The molecule has 0 amide bonds. The predicted molar refractivity (Wildman–Crippen MR) is 87.7 cm³/mol. The Kier molecular flexibility index (Phi) is 2.75. The topological polar surface area (TPSA) is 41.6 Å². The summed E-state index contributed by atoms with van der Waals surface area (Å²) in [5, 5.41) is 8.98. The molecule has 2 aromatic heterocycles. The first-order valence-corrected chi connectivity index (χ1v) is 7.07. The molecule has 4 aromatic rings. The highest BCUT2D eigenvalue weighted by Crippen LogP contribution is 2.34. The van der Waals surface area contributed by atoms with Gasteiger partial charge in [0.25, 0.3) is 0 Å². The first kappa shape index (κ1) is 12.2. The molecule has 0 atom stereocenters. The number of hydrogen-bond donors (Lipinski definition) is 1. The van der Waals surface area contributed by atoms with Crippen LogP contribution in [0.25, 0.3) is 32.9 Å². The quantitative estimate of drug-likeness (QED) is 0.414. The second kappa shape index (κ2) is 4.75. The van der Waals surface area contributed by atoms with Crippen molar-refractivity contribution in [1.82, 2.24) is 15.2 Å². The Morgan fingerprint density at radius 2 is 1.62 bits per heavy atom. The first-order valence-electron chi connectivity index (χ1n) is 6.66. The summed E-state index contributed by atoms with van der Waals surface area (Å²) in [7, 11) is 0. The fraction of sp³-hybridized carbons (Fsp3) is 0. The molecule has 4 heteroatoms. The maximum atomic E-state index is 5.45. The first-order chi connectivity index (χ1) is 10.3. The lowest BCUT2D eigenvalue weighted by Gasteiger charge is -2.10. The molecule has 21 heavy (non-hydrogen) atoms. The Morgan fingerprint density at radius 1 is 0.857 bits per heavy atom. The molecule has 0 saturated carbocycles. The van der Waals surface area contributed by atoms with Gasteiger partial charge < -0.3 is 0 Å². The van der Waals surface area contributed by atoms with Gasteiger partial charge in [-0.1, -0.05) is 60.7 Å². The van der Waals surface area contributed by atoms with Gasteiger partial charge in [0.15, 0.2) is 0 Å². The molecule has 0 fully saturated rings. The van der Waals surface area contributed by atoms with Crippen LogP contribution in [0.15, 0.2) is 60.8 Å². The van der Waals surface area contributed by atoms with Crippen molar-refractivity contribution in [2.75, 3.05) is 0 Å². The summed E-state index contributed by atoms with van der Waals surface area (Å²) in [5.41, 5.74) is 4.01. The van der Waals surface area contributed by atoms with Gasteiger partial charge in [-0.3, -0.25) is 5.10 Å². The summed E-state index contributed by atoms with van der Waals surface area (Å²) in [6.07, 6.45) is 1.73. The number of aromatic amines is 1. The molecule has 0 radical (unpaired) electrons. The Morgan fingerprint density at radius 3 is 2.48 bits per heavy atom. The largest absolute Gasteiger partial charge is 0.267 e. The van der Waals surface area contributed by atoms with Gasteiger partial charge in [-0.2, -0.15) is 5.10 Å². The smallest absolute Gasteiger partial charge is 0.129 e. The van der Waals surface area contributed by atoms with Crippen molar-refractivity contribution >= 4 is 34.0 Å². The van der Waals surface area contributed by atoms with E-state index in [1.54, 1.807) is 6.20 Å². The normalized spacial score (nSPS) is 11.0. The highest BCUT2D eigenvalue weighted by molar-refractivity contribution is 7.71. The van der Waals surface area contributed by atoms with Crippen molar-refractivity contribution in [2.45, 2.75) is 0 Å². The zero-order chi connectivity index (χ0) is 14.2. The summed E-state index contributed by atoms with van der Waals surface area (Å²) in [4.78, 5) is 4.68. The molecule has 0 aliphatic heterocycles. The van der Waals surface area contributed by atoms with Crippen molar-refractivity contribution < 1.29 is 0 Å². The molecule has 0 saturated heterocycles. The van der Waals surface area contributed by atoms with Crippen molar-refractivity contribution in [3.05, 3.63) is 65.4 Å². The van der Waals surface area contributed by atoms with Crippen LogP contribution in [-0.4, -0.2) is 15.2 Å². The third kappa shape index (κ3) is 1.92. The lowest BCUT2D eigenvalue weighted by atomic mass is 9.97. The van der Waals surface area contributed by atoms with Crippen LogP contribution in [0.4, 0.5) is 0 Å². The monoisotopic (exact) mass is 289 g/mol. The van der Waals surface area contributed by atoms with E-state index < -0.39 is 0 Å². The molecule has 3 nitrogen and oxygen atoms in total. The van der Waals surface area contributed by atoms with Gasteiger partial charge in [0.05, 0.1) is 17.2 Å². The lowest BCUT2D eigenvalue weighted by molar-refractivity contribution is 1.03. The number of H-pyrrole nitrogens is 1. The van der Waals surface area contributed by atoms with Crippen LogP contribution in [0.1, 0.15) is 0 Å². The maximum absolute atomic E-state index is 5.45. The van der Waals surface area contributed by atoms with Crippen LogP contribution in [0, 0.1) is 4.64 Å². The minimum absolute atomic E-state index is 0.615. The Balaban J connectivity index is 2.30. The van der Waals surface area contributed by atoms with Gasteiger partial charge in [0, 0.05) is 16.3 Å². The molecule has 4 rings (SSSR count). The molecule has 0 aliphatic rings. The number of pyridine rings is 1. The van der Waals surface area contributed by atoms with Gasteiger partial charge in [0.2, 0.25) is 0 Å². The molecule has 100 valence electrons. The summed E-state index contributed by atoms with van der Waals surface area (Å²) >= 11 is 5.45. The van der Waals surface area contributed by atoms with E-state index in [2.05, 4.69) is 33.4 Å². The van der Waals surface area contributed by atoms with Crippen LogP contribution in [-0.2, 0) is 0 Å². The fourth-order valence-corrected chi connectivity index (χ4v) is 2.93. The van der Waals surface area contributed by atoms with E-state index in [9.17, 15) is 0 Å². The third-order valence-corrected chi connectivity index (χ3v) is 3.86. The van der Waals surface area contributed by atoms with Crippen LogP contribution in [0.2, 0.25) is 0 Å². The van der Waals surface area contributed by atoms with Crippen molar-refractivity contribution in [3.63, 3.8) is 0 Å². The molecular weight excluding hydrogens is 278 g/mol. The molecule has 0 spiro atoms. The van der Waals surface area contributed by atoms with E-state index in [1.165, 1.54) is 0 Å². The summed E-state index contributed by atoms with van der Waals surface area (Å²) < 4.78 is 0.615. The Hall–Kier alpha value is -2.59. The van der Waals surface area contributed by atoms with Crippen molar-refractivity contribution in [2.24, 2.45) is 0 Å². The molecular formula is C17H11N3S. The lowest BCUT2D eigenvalue weighted by Crippen LogP contribution is -1.92. The van der Waals surface area contributed by atoms with Crippen molar-refractivity contribution in [1.29, 1.82) is 0 Å². The van der Waals surface area contributed by atoms with Gasteiger partial charge in [-0.25, -0.2) is 4.98 Å².